The summed E-state index contributed by atoms with van der Waals surface area (Å²) in [4.78, 5) is 39.7. The largest absolute Gasteiger partial charge is 0.416 e. The molecule has 0 saturated carbocycles. The fourth-order valence-electron chi connectivity index (χ4n) is 3.75. The van der Waals surface area contributed by atoms with Crippen LogP contribution in [0.1, 0.15) is 12.0 Å². The minimum atomic E-state index is -4.51. The van der Waals surface area contributed by atoms with Gasteiger partial charge in [0.1, 0.15) is 0 Å². The van der Waals surface area contributed by atoms with Crippen molar-refractivity contribution in [2.45, 2.75) is 22.7 Å². The van der Waals surface area contributed by atoms with Crippen LogP contribution in [0.4, 0.5) is 30.2 Å². The molecule has 2 amide bonds. The molecule has 2 aromatic rings. The number of non-ortho nitro benzene ring substituents is 1. The van der Waals surface area contributed by atoms with Crippen molar-refractivity contribution in [1.29, 1.82) is 0 Å². The highest BCUT2D eigenvalue weighted by molar-refractivity contribution is 8.01. The van der Waals surface area contributed by atoms with Crippen LogP contribution in [0.25, 0.3) is 0 Å². The van der Waals surface area contributed by atoms with Crippen LogP contribution in [0.2, 0.25) is 0 Å². The summed E-state index contributed by atoms with van der Waals surface area (Å²) in [6.45, 7) is 1.94. The lowest BCUT2D eigenvalue weighted by molar-refractivity contribution is -0.384. The number of nitrogens with zero attached hydrogens (tertiary/aromatic N) is 3. The molecule has 1 saturated heterocycles. The number of carbonyl (C=O) groups is 2. The molecule has 174 valence electrons. The second-order valence-corrected chi connectivity index (χ2v) is 8.89. The number of nitro groups is 1. The Bertz CT molecular complexity index is 1090. The first-order valence-corrected chi connectivity index (χ1v) is 11.0. The van der Waals surface area contributed by atoms with Gasteiger partial charge < -0.3 is 15.1 Å². The van der Waals surface area contributed by atoms with E-state index < -0.39 is 27.8 Å². The van der Waals surface area contributed by atoms with Crippen molar-refractivity contribution < 1.29 is 27.7 Å². The zero-order valence-electron chi connectivity index (χ0n) is 17.2. The van der Waals surface area contributed by atoms with E-state index in [0.717, 1.165) is 29.6 Å². The van der Waals surface area contributed by atoms with Crippen LogP contribution in [0.5, 0.6) is 0 Å². The van der Waals surface area contributed by atoms with Gasteiger partial charge in [-0.25, -0.2) is 0 Å². The first kappa shape index (κ1) is 22.9. The highest BCUT2D eigenvalue weighted by Gasteiger charge is 2.35. The predicted molar refractivity (Wildman–Crippen MR) is 116 cm³/mol. The maximum absolute atomic E-state index is 12.9. The van der Waals surface area contributed by atoms with Crippen LogP contribution in [-0.2, 0) is 15.8 Å². The van der Waals surface area contributed by atoms with E-state index >= 15 is 0 Å². The minimum absolute atomic E-state index is 0.00651. The second-order valence-electron chi connectivity index (χ2n) is 7.65. The number of alkyl halides is 3. The molecule has 0 aliphatic carbocycles. The maximum atomic E-state index is 12.9. The van der Waals surface area contributed by atoms with Crippen LogP contribution >= 0.6 is 11.8 Å². The lowest BCUT2D eigenvalue weighted by Crippen LogP contribution is -2.49. The molecule has 33 heavy (non-hydrogen) atoms. The van der Waals surface area contributed by atoms with E-state index in [1.54, 1.807) is 17.0 Å². The van der Waals surface area contributed by atoms with E-state index in [1.807, 2.05) is 4.90 Å². The molecular formula is C21H19F3N4O4S. The SMILES string of the molecule is O=C1Nc2cc(C(F)(F)F)ccc2SC1CC(=O)N1CCN(c2ccc([N+](=O)[O-])cc2)CC1. The molecule has 2 aliphatic heterocycles. The van der Waals surface area contributed by atoms with Gasteiger partial charge in [0.25, 0.3) is 5.69 Å². The van der Waals surface area contributed by atoms with Gasteiger partial charge in [-0.15, -0.1) is 11.8 Å². The highest BCUT2D eigenvalue weighted by atomic mass is 32.2. The average molecular weight is 480 g/mol. The topological polar surface area (TPSA) is 95.8 Å². The molecule has 2 aromatic carbocycles. The number of benzene rings is 2. The summed E-state index contributed by atoms with van der Waals surface area (Å²) in [5, 5.41) is 12.5. The zero-order valence-corrected chi connectivity index (χ0v) is 18.0. The number of nitrogens with one attached hydrogen (secondary N) is 1. The molecule has 1 unspecified atom stereocenters. The van der Waals surface area contributed by atoms with E-state index in [1.165, 1.54) is 18.2 Å². The van der Waals surface area contributed by atoms with Crippen molar-refractivity contribution in [3.8, 4) is 0 Å². The molecule has 0 aromatic heterocycles. The van der Waals surface area contributed by atoms with Gasteiger partial charge in [0.15, 0.2) is 0 Å². The lowest BCUT2D eigenvalue weighted by atomic mass is 10.1. The summed E-state index contributed by atoms with van der Waals surface area (Å²) in [6.07, 6.45) is -4.57. The number of nitro benzene ring substituents is 1. The number of hydrogen-bond acceptors (Lipinski definition) is 6. The Labute approximate surface area is 190 Å². The van der Waals surface area contributed by atoms with E-state index in [-0.39, 0.29) is 23.7 Å². The molecule has 12 heteroatoms. The molecule has 0 bridgehead atoms. The molecule has 8 nitrogen and oxygen atoms in total. The number of piperazine rings is 1. The Hall–Kier alpha value is -3.28. The molecule has 2 aliphatic rings. The van der Waals surface area contributed by atoms with Crippen LogP contribution in [-0.4, -0.2) is 53.1 Å². The lowest BCUT2D eigenvalue weighted by Gasteiger charge is -2.36. The van der Waals surface area contributed by atoms with E-state index in [4.69, 9.17) is 0 Å². The Morgan fingerprint density at radius 1 is 1.12 bits per heavy atom. The van der Waals surface area contributed by atoms with Crippen LogP contribution < -0.4 is 10.2 Å². The van der Waals surface area contributed by atoms with Crippen molar-refractivity contribution in [2.75, 3.05) is 36.4 Å². The Kier molecular flexibility index (Phi) is 6.19. The number of carbonyl (C=O) groups excluding carboxylic acids is 2. The van der Waals surface area contributed by atoms with Gasteiger partial charge in [0, 0.05) is 55.3 Å². The van der Waals surface area contributed by atoms with E-state index in [9.17, 15) is 32.9 Å². The zero-order chi connectivity index (χ0) is 23.8. The van der Waals surface area contributed by atoms with Crippen molar-refractivity contribution in [3.05, 3.63) is 58.1 Å². The molecule has 0 radical (unpaired) electrons. The van der Waals surface area contributed by atoms with Gasteiger partial charge in [0.2, 0.25) is 11.8 Å². The Morgan fingerprint density at radius 2 is 1.79 bits per heavy atom. The third-order valence-electron chi connectivity index (χ3n) is 5.54. The third-order valence-corrected chi connectivity index (χ3v) is 6.82. The van der Waals surface area contributed by atoms with Gasteiger partial charge in [-0.3, -0.25) is 19.7 Å². The summed E-state index contributed by atoms with van der Waals surface area (Å²) in [6, 6.07) is 9.36. The van der Waals surface area contributed by atoms with Crippen LogP contribution in [0.3, 0.4) is 0 Å². The normalized spacial score (nSPS) is 18.5. The van der Waals surface area contributed by atoms with Gasteiger partial charge in [-0.1, -0.05) is 0 Å². The maximum Gasteiger partial charge on any atom is 0.416 e. The van der Waals surface area contributed by atoms with Crippen molar-refractivity contribution in [2.24, 2.45) is 0 Å². The summed E-state index contributed by atoms with van der Waals surface area (Å²) < 4.78 is 38.7. The highest BCUT2D eigenvalue weighted by Crippen LogP contribution is 2.40. The smallest absolute Gasteiger partial charge is 0.368 e. The van der Waals surface area contributed by atoms with Gasteiger partial charge in [-0.05, 0) is 30.3 Å². The fraction of sp³-hybridized carbons (Fsp3) is 0.333. The molecule has 2 heterocycles. The van der Waals surface area contributed by atoms with Gasteiger partial charge >= 0.3 is 6.18 Å². The van der Waals surface area contributed by atoms with Crippen molar-refractivity contribution in [3.63, 3.8) is 0 Å². The van der Waals surface area contributed by atoms with E-state index in [0.29, 0.717) is 31.1 Å². The average Bonchev–Trinajstić information content (AvgIpc) is 2.78. The standard InChI is InChI=1S/C21H19F3N4O4S/c22-21(23,24)13-1-6-17-16(11-13)25-20(30)18(33-17)12-19(29)27-9-7-26(8-10-27)14-2-4-15(5-3-14)28(31)32/h1-6,11,18H,7-10,12H2,(H,25,30). The number of halogens is 3. The minimum Gasteiger partial charge on any atom is -0.368 e. The number of hydrogen-bond donors (Lipinski definition) is 1. The molecule has 1 atom stereocenters. The number of rotatable bonds is 4. The summed E-state index contributed by atoms with van der Waals surface area (Å²) in [5.41, 5.74) is 0.0829. The number of fused-ring (bicyclic) bond motifs is 1. The summed E-state index contributed by atoms with van der Waals surface area (Å²) in [7, 11) is 0. The van der Waals surface area contributed by atoms with Gasteiger partial charge in [0.05, 0.1) is 21.4 Å². The van der Waals surface area contributed by atoms with E-state index in [2.05, 4.69) is 5.32 Å². The third kappa shape index (κ3) is 5.05. The Morgan fingerprint density at radius 3 is 2.39 bits per heavy atom. The molecule has 4 rings (SSSR count). The fourth-order valence-corrected chi connectivity index (χ4v) is 4.83. The van der Waals surface area contributed by atoms with Crippen LogP contribution in [0, 0.1) is 10.1 Å². The predicted octanol–water partition coefficient (Wildman–Crippen LogP) is 3.77. The van der Waals surface area contributed by atoms with Crippen molar-refractivity contribution in [1.82, 2.24) is 4.90 Å². The first-order chi connectivity index (χ1) is 15.6. The van der Waals surface area contributed by atoms with Gasteiger partial charge in [-0.2, -0.15) is 13.2 Å². The summed E-state index contributed by atoms with van der Waals surface area (Å²) >= 11 is 1.09. The molecule has 1 N–H and O–H groups in total. The molecular weight excluding hydrogens is 461 g/mol. The van der Waals surface area contributed by atoms with Crippen molar-refractivity contribution >= 4 is 40.6 Å². The quantitative estimate of drug-likeness (QED) is 0.529. The van der Waals surface area contributed by atoms with Crippen LogP contribution in [0.15, 0.2) is 47.4 Å². The number of anilines is 2. The molecule has 0 spiro atoms. The first-order valence-electron chi connectivity index (χ1n) is 10.1. The number of thioether (sulfide) groups is 1. The molecule has 1 fully saturated rings. The monoisotopic (exact) mass is 480 g/mol. The second kappa shape index (κ2) is 8.93. The number of amides is 2. The summed E-state index contributed by atoms with van der Waals surface area (Å²) in [5.74, 6) is -0.703. The Balaban J connectivity index is 1.34.